The molecule has 0 bridgehead atoms. The smallest absolute Gasteiger partial charge is 0.236 e. The average Bonchev–Trinajstić information content (AvgIpc) is 2.94. The van der Waals surface area contributed by atoms with Crippen LogP contribution in [0.2, 0.25) is 0 Å². The molecule has 122 valence electrons. The number of benzene rings is 1. The fourth-order valence-electron chi connectivity index (χ4n) is 2.20. The Balaban J connectivity index is 1.63. The summed E-state index contributed by atoms with van der Waals surface area (Å²) in [5.41, 5.74) is 1.86. The van der Waals surface area contributed by atoms with Crippen molar-refractivity contribution in [2.24, 2.45) is 7.05 Å². The minimum atomic E-state index is -0.123. The topological polar surface area (TPSA) is 72.7 Å². The Morgan fingerprint density at radius 2 is 1.92 bits per heavy atom. The van der Waals surface area contributed by atoms with Gasteiger partial charge in [0.2, 0.25) is 5.91 Å². The van der Waals surface area contributed by atoms with E-state index in [2.05, 4.69) is 20.5 Å². The van der Waals surface area contributed by atoms with Crippen molar-refractivity contribution in [2.75, 3.05) is 11.1 Å². The Hall–Kier alpha value is -2.67. The summed E-state index contributed by atoms with van der Waals surface area (Å²) in [7, 11) is 1.89. The maximum atomic E-state index is 12.1. The molecule has 6 nitrogen and oxygen atoms in total. The molecule has 0 spiro atoms. The standard InChI is InChI=1S/C17H17N5OS/c1-12-7-6-10-14(18-12)19-15(23)11-24-17-21-20-16(22(17)2)13-8-4-3-5-9-13/h3-10H,11H2,1-2H3,(H,18,19,23). The van der Waals surface area contributed by atoms with Crippen LogP contribution in [-0.2, 0) is 11.8 Å². The summed E-state index contributed by atoms with van der Waals surface area (Å²) < 4.78 is 1.89. The Bertz CT molecular complexity index is 847. The van der Waals surface area contributed by atoms with Gasteiger partial charge in [-0.15, -0.1) is 10.2 Å². The van der Waals surface area contributed by atoms with Gasteiger partial charge in [-0.2, -0.15) is 0 Å². The summed E-state index contributed by atoms with van der Waals surface area (Å²) in [6.07, 6.45) is 0. The van der Waals surface area contributed by atoms with Crippen LogP contribution >= 0.6 is 11.8 Å². The fraction of sp³-hybridized carbons (Fsp3) is 0.176. The van der Waals surface area contributed by atoms with Gasteiger partial charge in [0.25, 0.3) is 0 Å². The molecule has 7 heteroatoms. The zero-order valence-corrected chi connectivity index (χ0v) is 14.2. The van der Waals surface area contributed by atoms with Crippen LogP contribution in [0.25, 0.3) is 11.4 Å². The zero-order chi connectivity index (χ0) is 16.9. The molecule has 0 unspecified atom stereocenters. The molecule has 0 aliphatic rings. The van der Waals surface area contributed by atoms with Gasteiger partial charge in [0, 0.05) is 18.3 Å². The number of carbonyl (C=O) groups is 1. The predicted octanol–water partition coefficient (Wildman–Crippen LogP) is 2.92. The van der Waals surface area contributed by atoms with Crippen LogP contribution in [-0.4, -0.2) is 31.4 Å². The molecular formula is C17H17N5OS. The van der Waals surface area contributed by atoms with Crippen LogP contribution in [0.1, 0.15) is 5.69 Å². The fourth-order valence-corrected chi connectivity index (χ4v) is 2.91. The number of thioether (sulfide) groups is 1. The molecule has 0 atom stereocenters. The number of nitrogens with one attached hydrogen (secondary N) is 1. The van der Waals surface area contributed by atoms with E-state index in [0.717, 1.165) is 17.1 Å². The summed E-state index contributed by atoms with van der Waals surface area (Å²) in [6, 6.07) is 15.3. The summed E-state index contributed by atoms with van der Waals surface area (Å²) in [4.78, 5) is 16.3. The van der Waals surface area contributed by atoms with Crippen molar-refractivity contribution < 1.29 is 4.79 Å². The molecule has 1 aromatic carbocycles. The quantitative estimate of drug-likeness (QED) is 0.724. The average molecular weight is 339 g/mol. The molecule has 1 N–H and O–H groups in total. The van der Waals surface area contributed by atoms with E-state index >= 15 is 0 Å². The number of anilines is 1. The number of amides is 1. The van der Waals surface area contributed by atoms with Gasteiger partial charge in [-0.1, -0.05) is 48.2 Å². The van der Waals surface area contributed by atoms with Crippen LogP contribution in [0.4, 0.5) is 5.82 Å². The second-order valence-electron chi connectivity index (χ2n) is 5.23. The Morgan fingerprint density at radius 1 is 1.12 bits per heavy atom. The normalized spacial score (nSPS) is 10.6. The maximum absolute atomic E-state index is 12.1. The number of hydrogen-bond donors (Lipinski definition) is 1. The van der Waals surface area contributed by atoms with E-state index in [9.17, 15) is 4.79 Å². The molecule has 0 aliphatic carbocycles. The van der Waals surface area contributed by atoms with E-state index in [0.29, 0.717) is 11.0 Å². The summed E-state index contributed by atoms with van der Waals surface area (Å²) in [6.45, 7) is 1.88. The van der Waals surface area contributed by atoms with E-state index in [1.807, 2.05) is 61.0 Å². The van der Waals surface area contributed by atoms with E-state index in [4.69, 9.17) is 0 Å². The largest absolute Gasteiger partial charge is 0.310 e. The lowest BCUT2D eigenvalue weighted by Gasteiger charge is -2.05. The number of hydrogen-bond acceptors (Lipinski definition) is 5. The first-order valence-corrected chi connectivity index (χ1v) is 8.43. The number of rotatable bonds is 5. The molecular weight excluding hydrogens is 322 g/mol. The Labute approximate surface area is 144 Å². The van der Waals surface area contributed by atoms with Crippen molar-refractivity contribution in [3.63, 3.8) is 0 Å². The molecule has 0 fully saturated rings. The van der Waals surface area contributed by atoms with E-state index in [-0.39, 0.29) is 11.7 Å². The first-order chi connectivity index (χ1) is 11.6. The molecule has 2 aromatic heterocycles. The summed E-state index contributed by atoms with van der Waals surface area (Å²) >= 11 is 1.34. The Morgan fingerprint density at radius 3 is 2.67 bits per heavy atom. The van der Waals surface area contributed by atoms with Gasteiger partial charge in [-0.05, 0) is 19.1 Å². The molecule has 24 heavy (non-hydrogen) atoms. The highest BCUT2D eigenvalue weighted by atomic mass is 32.2. The van der Waals surface area contributed by atoms with Crippen LogP contribution < -0.4 is 5.32 Å². The van der Waals surface area contributed by atoms with Gasteiger partial charge in [0.15, 0.2) is 11.0 Å². The van der Waals surface area contributed by atoms with Gasteiger partial charge in [0.05, 0.1) is 5.75 Å². The SMILES string of the molecule is Cc1cccc(NC(=O)CSc2nnc(-c3ccccc3)n2C)n1. The highest BCUT2D eigenvalue weighted by molar-refractivity contribution is 7.99. The van der Waals surface area contributed by atoms with Gasteiger partial charge in [-0.25, -0.2) is 4.98 Å². The molecule has 3 aromatic rings. The van der Waals surface area contributed by atoms with Gasteiger partial charge in [-0.3, -0.25) is 4.79 Å². The second-order valence-corrected chi connectivity index (χ2v) is 6.17. The van der Waals surface area contributed by atoms with Crippen molar-refractivity contribution in [3.05, 3.63) is 54.2 Å². The van der Waals surface area contributed by atoms with Crippen LogP contribution in [0.15, 0.2) is 53.7 Å². The van der Waals surface area contributed by atoms with E-state index in [1.165, 1.54) is 11.8 Å². The molecule has 1 amide bonds. The minimum Gasteiger partial charge on any atom is -0.310 e. The van der Waals surface area contributed by atoms with Gasteiger partial charge >= 0.3 is 0 Å². The van der Waals surface area contributed by atoms with E-state index < -0.39 is 0 Å². The van der Waals surface area contributed by atoms with Crippen molar-refractivity contribution in [2.45, 2.75) is 12.1 Å². The Kier molecular flexibility index (Phi) is 4.90. The maximum Gasteiger partial charge on any atom is 0.236 e. The van der Waals surface area contributed by atoms with Crippen LogP contribution in [0, 0.1) is 6.92 Å². The highest BCUT2D eigenvalue weighted by Gasteiger charge is 2.13. The predicted molar refractivity (Wildman–Crippen MR) is 94.8 cm³/mol. The van der Waals surface area contributed by atoms with Gasteiger partial charge in [0.1, 0.15) is 5.82 Å². The van der Waals surface area contributed by atoms with Crippen LogP contribution in [0.3, 0.4) is 0 Å². The number of aryl methyl sites for hydroxylation is 1. The summed E-state index contributed by atoms with van der Waals surface area (Å²) in [5.74, 6) is 1.46. The number of nitrogens with zero attached hydrogens (tertiary/aromatic N) is 4. The molecule has 3 rings (SSSR count). The molecule has 0 aliphatic heterocycles. The summed E-state index contributed by atoms with van der Waals surface area (Å²) in [5, 5.41) is 11.9. The van der Waals surface area contributed by atoms with Crippen LogP contribution in [0.5, 0.6) is 0 Å². The lowest BCUT2D eigenvalue weighted by Crippen LogP contribution is -2.15. The third-order valence-electron chi connectivity index (χ3n) is 3.36. The van der Waals surface area contributed by atoms with Gasteiger partial charge < -0.3 is 9.88 Å². The number of carbonyl (C=O) groups excluding carboxylic acids is 1. The van der Waals surface area contributed by atoms with E-state index in [1.54, 1.807) is 6.07 Å². The third-order valence-corrected chi connectivity index (χ3v) is 4.38. The highest BCUT2D eigenvalue weighted by Crippen LogP contribution is 2.22. The van der Waals surface area contributed by atoms with Crippen molar-refractivity contribution in [1.82, 2.24) is 19.7 Å². The monoisotopic (exact) mass is 339 g/mol. The van der Waals surface area contributed by atoms with Crippen molar-refractivity contribution in [3.8, 4) is 11.4 Å². The molecule has 2 heterocycles. The van der Waals surface area contributed by atoms with Crippen molar-refractivity contribution in [1.29, 1.82) is 0 Å². The molecule has 0 saturated carbocycles. The first-order valence-electron chi connectivity index (χ1n) is 7.44. The lowest BCUT2D eigenvalue weighted by atomic mass is 10.2. The molecule has 0 radical (unpaired) electrons. The first kappa shape index (κ1) is 16.2. The lowest BCUT2D eigenvalue weighted by molar-refractivity contribution is -0.113. The minimum absolute atomic E-state index is 0.123. The third kappa shape index (κ3) is 3.80. The number of pyridine rings is 1. The molecule has 0 saturated heterocycles. The second kappa shape index (κ2) is 7.27. The zero-order valence-electron chi connectivity index (χ0n) is 13.4. The van der Waals surface area contributed by atoms with Crippen molar-refractivity contribution >= 4 is 23.5 Å². The number of aromatic nitrogens is 4.